The Morgan fingerprint density at radius 3 is 2.51 bits per heavy atom. The van der Waals surface area contributed by atoms with Crippen LogP contribution in [0.1, 0.15) is 27.5 Å². The smallest absolute Gasteiger partial charge is 0.271 e. The topological polar surface area (TPSA) is 86.1 Å². The predicted molar refractivity (Wildman–Crippen MR) is 131 cm³/mol. The molecule has 2 heterocycles. The Morgan fingerprint density at radius 1 is 1.20 bits per heavy atom. The third-order valence-corrected chi connectivity index (χ3v) is 7.58. The normalized spacial score (nSPS) is 16.6. The molecule has 0 bridgehead atoms. The number of amides is 2. The van der Waals surface area contributed by atoms with Gasteiger partial charge in [-0.2, -0.15) is 5.26 Å². The number of nitriles is 1. The number of benzene rings is 2. The van der Waals surface area contributed by atoms with Crippen LogP contribution in [-0.2, 0) is 10.5 Å². The summed E-state index contributed by atoms with van der Waals surface area (Å²) in [6.07, 6.45) is -0.690. The van der Waals surface area contributed by atoms with Gasteiger partial charge in [-0.15, -0.1) is 23.1 Å². The highest BCUT2D eigenvalue weighted by Crippen LogP contribution is 2.31. The first-order chi connectivity index (χ1) is 16.7. The maximum atomic E-state index is 13.5. The first-order valence-corrected chi connectivity index (χ1v) is 12.7. The molecule has 180 valence electrons. The second-order valence-corrected chi connectivity index (χ2v) is 10.2. The molecule has 2 aromatic carbocycles. The quantitative estimate of drug-likeness (QED) is 0.455. The third kappa shape index (κ3) is 6.24. The predicted octanol–water partition coefficient (Wildman–Crippen LogP) is 4.90. The number of rotatable bonds is 7. The molecule has 0 unspecified atom stereocenters. The van der Waals surface area contributed by atoms with Crippen LogP contribution < -0.4 is 5.32 Å². The molecule has 0 spiro atoms. The number of thioether (sulfide) groups is 1. The molecule has 0 aliphatic carbocycles. The number of aryl methyl sites for hydroxylation is 1. The van der Waals surface area contributed by atoms with Crippen LogP contribution in [0.5, 0.6) is 0 Å². The summed E-state index contributed by atoms with van der Waals surface area (Å²) in [5.41, 5.74) is 3.67. The van der Waals surface area contributed by atoms with Crippen LogP contribution in [0.4, 0.5) is 8.78 Å². The number of nitrogens with zero attached hydrogens (tertiary/aromatic N) is 3. The SMILES string of the molecule is Cc1ccc(-c2ccc(SCc3nc(C(=O)NCC(=O)N4CC(F)(F)C[C@H]4C#N)cs3)cc2)cc1. The van der Waals surface area contributed by atoms with Crippen LogP contribution >= 0.6 is 23.1 Å². The number of nitrogens with one attached hydrogen (secondary N) is 1. The number of likely N-dealkylation sites (tertiary alicyclic amines) is 1. The van der Waals surface area contributed by atoms with E-state index in [1.54, 1.807) is 23.2 Å². The molecular formula is C25H22F2N4O2S2. The van der Waals surface area contributed by atoms with E-state index in [2.05, 4.69) is 53.6 Å². The average Bonchev–Trinajstić information content (AvgIpc) is 3.45. The Kier molecular flexibility index (Phi) is 7.48. The fraction of sp³-hybridized carbons (Fsp3) is 0.280. The van der Waals surface area contributed by atoms with E-state index in [1.165, 1.54) is 16.9 Å². The zero-order valence-corrected chi connectivity index (χ0v) is 20.5. The number of alkyl halides is 2. The fourth-order valence-electron chi connectivity index (χ4n) is 3.66. The van der Waals surface area contributed by atoms with E-state index in [0.717, 1.165) is 25.9 Å². The van der Waals surface area contributed by atoms with Crippen molar-refractivity contribution < 1.29 is 18.4 Å². The Hall–Kier alpha value is -3.29. The van der Waals surface area contributed by atoms with Crippen LogP contribution in [0.25, 0.3) is 11.1 Å². The lowest BCUT2D eigenvalue weighted by Crippen LogP contribution is -2.43. The molecule has 1 aliphatic heterocycles. The molecule has 6 nitrogen and oxygen atoms in total. The Labute approximate surface area is 210 Å². The molecule has 4 rings (SSSR count). The van der Waals surface area contributed by atoms with Crippen molar-refractivity contribution in [3.8, 4) is 17.2 Å². The molecular weight excluding hydrogens is 490 g/mol. The third-order valence-electron chi connectivity index (χ3n) is 5.53. The summed E-state index contributed by atoms with van der Waals surface area (Å²) in [6, 6.07) is 17.1. The minimum atomic E-state index is -3.09. The van der Waals surface area contributed by atoms with Gasteiger partial charge in [0.2, 0.25) is 5.91 Å². The van der Waals surface area contributed by atoms with Gasteiger partial charge in [-0.25, -0.2) is 13.8 Å². The summed E-state index contributed by atoms with van der Waals surface area (Å²) >= 11 is 2.93. The number of hydrogen-bond donors (Lipinski definition) is 1. The van der Waals surface area contributed by atoms with Crippen LogP contribution in [-0.4, -0.2) is 46.8 Å². The Morgan fingerprint density at radius 2 is 1.86 bits per heavy atom. The van der Waals surface area contributed by atoms with Crippen molar-refractivity contribution in [2.75, 3.05) is 13.1 Å². The number of halogens is 2. The molecule has 1 atom stereocenters. The van der Waals surface area contributed by atoms with Gasteiger partial charge in [0.15, 0.2) is 0 Å². The largest absolute Gasteiger partial charge is 0.342 e. The van der Waals surface area contributed by atoms with E-state index in [4.69, 9.17) is 5.26 Å². The second-order valence-electron chi connectivity index (χ2n) is 8.21. The standard InChI is InChI=1S/C25H22F2N4O2S2/c1-16-2-4-17(5-3-16)18-6-8-20(9-7-18)34-14-22-30-21(13-35-22)24(33)29-12-23(32)31-15-25(26,27)10-19(31)11-28/h2-9,13,19H,10,12,14-15H2,1H3,(H,29,33)/t19-/m0/s1. The number of hydrogen-bond acceptors (Lipinski definition) is 6. The van der Waals surface area contributed by atoms with Gasteiger partial charge in [-0.1, -0.05) is 42.0 Å². The van der Waals surface area contributed by atoms with Crippen LogP contribution in [0.15, 0.2) is 58.8 Å². The summed E-state index contributed by atoms with van der Waals surface area (Å²) in [4.78, 5) is 30.8. The van der Waals surface area contributed by atoms with Crippen LogP contribution in [0.2, 0.25) is 0 Å². The van der Waals surface area contributed by atoms with E-state index in [1.807, 2.05) is 12.1 Å². The van der Waals surface area contributed by atoms with Crippen LogP contribution in [0.3, 0.4) is 0 Å². The highest BCUT2D eigenvalue weighted by molar-refractivity contribution is 7.98. The summed E-state index contributed by atoms with van der Waals surface area (Å²) < 4.78 is 27.0. The molecule has 1 saturated heterocycles. The zero-order valence-electron chi connectivity index (χ0n) is 18.8. The zero-order chi connectivity index (χ0) is 25.0. The lowest BCUT2D eigenvalue weighted by Gasteiger charge is -2.19. The Balaban J connectivity index is 1.27. The van der Waals surface area contributed by atoms with E-state index < -0.39 is 43.3 Å². The molecule has 10 heteroatoms. The number of aromatic nitrogens is 1. The molecule has 0 radical (unpaired) electrons. The molecule has 1 N–H and O–H groups in total. The number of carbonyl (C=O) groups excluding carboxylic acids is 2. The van der Waals surface area contributed by atoms with E-state index in [-0.39, 0.29) is 5.69 Å². The van der Waals surface area contributed by atoms with Crippen molar-refractivity contribution in [2.24, 2.45) is 0 Å². The van der Waals surface area contributed by atoms with Crippen molar-refractivity contribution in [2.45, 2.75) is 36.0 Å². The summed E-state index contributed by atoms with van der Waals surface area (Å²) in [5.74, 6) is -3.80. The molecule has 1 aliphatic rings. The van der Waals surface area contributed by atoms with E-state index in [9.17, 15) is 18.4 Å². The van der Waals surface area contributed by atoms with Gasteiger partial charge in [0.25, 0.3) is 11.8 Å². The fourth-order valence-corrected chi connectivity index (χ4v) is 5.35. The van der Waals surface area contributed by atoms with Gasteiger partial charge in [-0.05, 0) is 30.2 Å². The van der Waals surface area contributed by atoms with Gasteiger partial charge in [0.1, 0.15) is 16.7 Å². The van der Waals surface area contributed by atoms with Gasteiger partial charge < -0.3 is 10.2 Å². The molecule has 3 aromatic rings. The van der Waals surface area contributed by atoms with Crippen molar-refractivity contribution in [1.29, 1.82) is 5.26 Å². The highest BCUT2D eigenvalue weighted by atomic mass is 32.2. The van der Waals surface area contributed by atoms with E-state index in [0.29, 0.717) is 5.75 Å². The van der Waals surface area contributed by atoms with Gasteiger partial charge in [0.05, 0.1) is 24.9 Å². The first kappa shape index (κ1) is 24.8. The van der Waals surface area contributed by atoms with Crippen LogP contribution in [0, 0.1) is 18.3 Å². The molecule has 0 saturated carbocycles. The van der Waals surface area contributed by atoms with Gasteiger partial charge >= 0.3 is 0 Å². The highest BCUT2D eigenvalue weighted by Gasteiger charge is 2.47. The summed E-state index contributed by atoms with van der Waals surface area (Å²) in [7, 11) is 0. The molecule has 1 aromatic heterocycles. The van der Waals surface area contributed by atoms with E-state index >= 15 is 0 Å². The van der Waals surface area contributed by atoms with Crippen molar-refractivity contribution >= 4 is 34.9 Å². The number of thiazole rings is 1. The Bertz CT molecular complexity index is 1250. The molecule has 35 heavy (non-hydrogen) atoms. The van der Waals surface area contributed by atoms with Gasteiger partial charge in [-0.3, -0.25) is 9.59 Å². The maximum Gasteiger partial charge on any atom is 0.271 e. The molecule has 1 fully saturated rings. The summed E-state index contributed by atoms with van der Waals surface area (Å²) in [6.45, 7) is 0.770. The van der Waals surface area contributed by atoms with Crippen molar-refractivity contribution in [3.63, 3.8) is 0 Å². The molecule has 2 amide bonds. The number of carbonyl (C=O) groups is 2. The summed E-state index contributed by atoms with van der Waals surface area (Å²) in [5, 5.41) is 13.8. The first-order valence-electron chi connectivity index (χ1n) is 10.8. The maximum absolute atomic E-state index is 13.5. The lowest BCUT2D eigenvalue weighted by molar-refractivity contribution is -0.131. The lowest BCUT2D eigenvalue weighted by atomic mass is 10.0. The van der Waals surface area contributed by atoms with Crippen molar-refractivity contribution in [1.82, 2.24) is 15.2 Å². The van der Waals surface area contributed by atoms with Gasteiger partial charge in [0, 0.05) is 16.7 Å². The minimum Gasteiger partial charge on any atom is -0.342 e. The monoisotopic (exact) mass is 512 g/mol. The van der Waals surface area contributed by atoms with Crippen molar-refractivity contribution in [3.05, 3.63) is 70.2 Å². The average molecular weight is 513 g/mol. The minimum absolute atomic E-state index is 0.164. The second kappa shape index (κ2) is 10.5.